The minimum absolute atomic E-state index is 0.107. The van der Waals surface area contributed by atoms with Gasteiger partial charge in [0, 0.05) is 31.7 Å². The van der Waals surface area contributed by atoms with Crippen LogP contribution >= 0.6 is 11.6 Å². The lowest BCUT2D eigenvalue weighted by Gasteiger charge is -2.06. The quantitative estimate of drug-likeness (QED) is 0.644. The van der Waals surface area contributed by atoms with E-state index in [0.717, 1.165) is 0 Å². The Bertz CT molecular complexity index is 611. The van der Waals surface area contributed by atoms with E-state index in [1.807, 2.05) is 12.3 Å². The molecule has 2 rings (SSSR count). The van der Waals surface area contributed by atoms with Crippen molar-refractivity contribution in [3.05, 3.63) is 41.9 Å². The molecule has 0 spiro atoms. The van der Waals surface area contributed by atoms with Gasteiger partial charge in [-0.2, -0.15) is 5.10 Å². The molecule has 0 aliphatic heterocycles. The lowest BCUT2D eigenvalue weighted by molar-refractivity contribution is 0.552. The Morgan fingerprint density at radius 1 is 1.37 bits per heavy atom. The molecule has 2 aromatic rings. The van der Waals surface area contributed by atoms with Crippen LogP contribution in [0, 0.1) is 0 Å². The van der Waals surface area contributed by atoms with Crippen molar-refractivity contribution in [1.29, 1.82) is 0 Å². The molecule has 0 aliphatic rings. The lowest BCUT2D eigenvalue weighted by Crippen LogP contribution is -2.25. The number of pyridine rings is 1. The number of aryl methyl sites for hydroxylation is 1. The van der Waals surface area contributed by atoms with Crippen molar-refractivity contribution in [2.24, 2.45) is 0 Å². The first kappa shape index (κ1) is 14.0. The lowest BCUT2D eigenvalue weighted by atomic mass is 10.4. The van der Waals surface area contributed by atoms with E-state index < -0.39 is 10.0 Å². The van der Waals surface area contributed by atoms with Crippen molar-refractivity contribution in [2.45, 2.75) is 17.9 Å². The summed E-state index contributed by atoms with van der Waals surface area (Å²) in [5.41, 5.74) is 0. The van der Waals surface area contributed by atoms with Crippen molar-refractivity contribution in [2.75, 3.05) is 6.54 Å². The maximum Gasteiger partial charge on any atom is 0.242 e. The number of hydrogen-bond acceptors (Lipinski definition) is 4. The smallest absolute Gasteiger partial charge is 0.242 e. The number of rotatable bonds is 6. The van der Waals surface area contributed by atoms with Crippen LogP contribution in [-0.4, -0.2) is 29.7 Å². The van der Waals surface area contributed by atoms with Gasteiger partial charge in [0.05, 0.1) is 0 Å². The third-order valence-corrected chi connectivity index (χ3v) is 4.10. The third kappa shape index (κ3) is 4.02. The van der Waals surface area contributed by atoms with E-state index in [-0.39, 0.29) is 10.0 Å². The molecule has 6 nitrogen and oxygen atoms in total. The summed E-state index contributed by atoms with van der Waals surface area (Å²) < 4.78 is 28.0. The van der Waals surface area contributed by atoms with Crippen LogP contribution in [0.25, 0.3) is 0 Å². The zero-order valence-electron chi connectivity index (χ0n) is 10.0. The summed E-state index contributed by atoms with van der Waals surface area (Å²) in [7, 11) is -3.52. The van der Waals surface area contributed by atoms with Crippen molar-refractivity contribution >= 4 is 21.6 Å². The van der Waals surface area contributed by atoms with E-state index in [2.05, 4.69) is 14.8 Å². The molecule has 0 aliphatic carbocycles. The van der Waals surface area contributed by atoms with Gasteiger partial charge in [-0.3, -0.25) is 4.68 Å². The molecule has 102 valence electrons. The first-order valence-electron chi connectivity index (χ1n) is 5.66. The highest BCUT2D eigenvalue weighted by Crippen LogP contribution is 2.10. The molecule has 0 saturated carbocycles. The standard InChI is InChI=1S/C11H13ClN4O2S/c12-11-4-3-10(9-13-11)19(17,18)15-6-2-8-16-7-1-5-14-16/h1,3-5,7,9,15H,2,6,8H2. The summed E-state index contributed by atoms with van der Waals surface area (Å²) in [6.45, 7) is 0.999. The third-order valence-electron chi connectivity index (χ3n) is 2.43. The van der Waals surface area contributed by atoms with Crippen LogP contribution in [0.2, 0.25) is 5.15 Å². The van der Waals surface area contributed by atoms with Crippen molar-refractivity contribution < 1.29 is 8.42 Å². The van der Waals surface area contributed by atoms with Gasteiger partial charge in [-0.1, -0.05) is 11.6 Å². The molecule has 19 heavy (non-hydrogen) atoms. The van der Waals surface area contributed by atoms with Crippen LogP contribution in [0.4, 0.5) is 0 Å². The number of nitrogens with zero attached hydrogens (tertiary/aromatic N) is 3. The number of aromatic nitrogens is 3. The fourth-order valence-electron chi connectivity index (χ4n) is 1.48. The largest absolute Gasteiger partial charge is 0.273 e. The predicted octanol–water partition coefficient (Wildman–Crippen LogP) is 1.30. The van der Waals surface area contributed by atoms with Gasteiger partial charge in [0.15, 0.2) is 0 Å². The first-order chi connectivity index (χ1) is 9.08. The maximum absolute atomic E-state index is 11.9. The average Bonchev–Trinajstić information content (AvgIpc) is 2.88. The molecule has 0 bridgehead atoms. The van der Waals surface area contributed by atoms with Crippen LogP contribution in [-0.2, 0) is 16.6 Å². The highest BCUT2D eigenvalue weighted by atomic mass is 35.5. The zero-order chi connectivity index (χ0) is 13.7. The zero-order valence-corrected chi connectivity index (χ0v) is 11.6. The average molecular weight is 301 g/mol. The van der Waals surface area contributed by atoms with Crippen LogP contribution in [0.5, 0.6) is 0 Å². The van der Waals surface area contributed by atoms with E-state index in [1.54, 1.807) is 10.9 Å². The minimum Gasteiger partial charge on any atom is -0.273 e. The molecule has 0 radical (unpaired) electrons. The molecule has 2 heterocycles. The van der Waals surface area contributed by atoms with Crippen LogP contribution < -0.4 is 4.72 Å². The molecule has 0 saturated heterocycles. The minimum atomic E-state index is -3.52. The Kier molecular flexibility index (Phi) is 4.52. The Balaban J connectivity index is 1.86. The summed E-state index contributed by atoms with van der Waals surface area (Å²) in [6.07, 6.45) is 5.40. The second kappa shape index (κ2) is 6.14. The van der Waals surface area contributed by atoms with Crippen LogP contribution in [0.1, 0.15) is 6.42 Å². The second-order valence-electron chi connectivity index (χ2n) is 3.84. The van der Waals surface area contributed by atoms with E-state index in [9.17, 15) is 8.42 Å². The predicted molar refractivity (Wildman–Crippen MR) is 71.3 cm³/mol. The number of hydrogen-bond donors (Lipinski definition) is 1. The second-order valence-corrected chi connectivity index (χ2v) is 5.99. The Hall–Kier alpha value is -1.44. The Morgan fingerprint density at radius 3 is 2.84 bits per heavy atom. The fraction of sp³-hybridized carbons (Fsp3) is 0.273. The summed E-state index contributed by atoms with van der Waals surface area (Å²) in [5, 5.41) is 4.29. The van der Waals surface area contributed by atoms with Crippen LogP contribution in [0.15, 0.2) is 41.7 Å². The summed E-state index contributed by atoms with van der Waals surface area (Å²) >= 11 is 5.61. The van der Waals surface area contributed by atoms with Gasteiger partial charge in [0.25, 0.3) is 0 Å². The van der Waals surface area contributed by atoms with Gasteiger partial charge in [-0.15, -0.1) is 0 Å². The van der Waals surface area contributed by atoms with Crippen molar-refractivity contribution in [3.8, 4) is 0 Å². The first-order valence-corrected chi connectivity index (χ1v) is 7.53. The molecule has 8 heteroatoms. The Labute approximate surface area is 116 Å². The summed E-state index contributed by atoms with van der Waals surface area (Å²) in [4.78, 5) is 3.85. The van der Waals surface area contributed by atoms with Crippen LogP contribution in [0.3, 0.4) is 0 Å². The van der Waals surface area contributed by atoms with E-state index >= 15 is 0 Å². The molecule has 0 atom stereocenters. The molecule has 0 unspecified atom stereocenters. The molecular formula is C11H13ClN4O2S. The summed E-state index contributed by atoms with van der Waals surface area (Å²) in [5.74, 6) is 0. The van der Waals surface area contributed by atoms with E-state index in [1.165, 1.54) is 18.3 Å². The fourth-order valence-corrected chi connectivity index (χ4v) is 2.62. The monoisotopic (exact) mass is 300 g/mol. The normalized spacial score (nSPS) is 11.6. The van der Waals surface area contributed by atoms with Gasteiger partial charge >= 0.3 is 0 Å². The van der Waals surface area contributed by atoms with Gasteiger partial charge in [0.1, 0.15) is 10.0 Å². The van der Waals surface area contributed by atoms with Crippen molar-refractivity contribution in [3.63, 3.8) is 0 Å². The van der Waals surface area contributed by atoms with Gasteiger partial charge in [-0.05, 0) is 24.6 Å². The topological polar surface area (TPSA) is 76.9 Å². The van der Waals surface area contributed by atoms with Gasteiger partial charge < -0.3 is 0 Å². The molecular weight excluding hydrogens is 288 g/mol. The molecule has 1 N–H and O–H groups in total. The molecule has 2 aromatic heterocycles. The molecule has 0 aromatic carbocycles. The van der Waals surface area contributed by atoms with Crippen molar-refractivity contribution in [1.82, 2.24) is 19.5 Å². The number of halogens is 1. The number of nitrogens with one attached hydrogen (secondary N) is 1. The molecule has 0 fully saturated rings. The maximum atomic E-state index is 11.9. The van der Waals surface area contributed by atoms with Gasteiger partial charge in [-0.25, -0.2) is 18.1 Å². The molecule has 0 amide bonds. The van der Waals surface area contributed by atoms with E-state index in [4.69, 9.17) is 11.6 Å². The SMILES string of the molecule is O=S(=O)(NCCCn1cccn1)c1ccc(Cl)nc1. The Morgan fingerprint density at radius 2 is 2.21 bits per heavy atom. The highest BCUT2D eigenvalue weighted by molar-refractivity contribution is 7.89. The highest BCUT2D eigenvalue weighted by Gasteiger charge is 2.13. The summed E-state index contributed by atoms with van der Waals surface area (Å²) in [6, 6.07) is 4.69. The van der Waals surface area contributed by atoms with E-state index in [0.29, 0.717) is 19.5 Å². The van der Waals surface area contributed by atoms with Gasteiger partial charge in [0.2, 0.25) is 10.0 Å². The number of sulfonamides is 1.